The molecule has 0 aliphatic rings. The Bertz CT molecular complexity index is 275. The van der Waals surface area contributed by atoms with Crippen molar-refractivity contribution in [2.24, 2.45) is 0 Å². The third kappa shape index (κ3) is 8.81. The van der Waals surface area contributed by atoms with Gasteiger partial charge in [0.25, 0.3) is 5.69 Å². The fourth-order valence-electron chi connectivity index (χ4n) is 0.597. The first-order valence-electron chi connectivity index (χ1n) is 2.61. The Morgan fingerprint density at radius 1 is 1.07 bits per heavy atom. The van der Waals surface area contributed by atoms with Gasteiger partial charge >= 0.3 is 0 Å². The van der Waals surface area contributed by atoms with Gasteiger partial charge in [-0.1, -0.05) is 18.7 Å². The fourth-order valence-corrected chi connectivity index (χ4v) is 0.796. The normalized spacial score (nSPS) is 6.13. The smallest absolute Gasteiger partial charge is 0.269 e. The number of benzene rings is 1. The van der Waals surface area contributed by atoms with Crippen LogP contribution in [0.3, 0.4) is 0 Å². The molecule has 0 unspecified atom stereocenters. The summed E-state index contributed by atoms with van der Waals surface area (Å²) in [5, 5.41) is 10.1. The van der Waals surface area contributed by atoms with E-state index in [1.807, 2.05) is 0 Å². The molecular formula is C6H9F5NO2S. The Hall–Kier alpha value is -1.51. The molecule has 0 N–H and O–H groups in total. The highest BCUT2D eigenvalue weighted by Gasteiger charge is 2.02. The Morgan fingerprint density at radius 2 is 1.53 bits per heavy atom. The molecule has 0 aromatic heterocycles. The molecule has 1 aromatic rings. The molecule has 1 rings (SSSR count). The number of hydrogen-bond donors (Lipinski definition) is 0. The van der Waals surface area contributed by atoms with Crippen LogP contribution in [0, 0.1) is 10.1 Å². The number of non-ortho nitro benzene ring substituents is 1. The van der Waals surface area contributed by atoms with Gasteiger partial charge < -0.3 is 0 Å². The van der Waals surface area contributed by atoms with E-state index in [-0.39, 0.29) is 29.2 Å². The molecule has 3 nitrogen and oxygen atoms in total. The van der Waals surface area contributed by atoms with Gasteiger partial charge in [-0.3, -0.25) is 33.6 Å². The summed E-state index contributed by atoms with van der Waals surface area (Å²) in [6.07, 6.45) is 0. The van der Waals surface area contributed by atoms with Crippen LogP contribution in [0.4, 0.5) is 29.2 Å². The molecule has 0 amide bonds. The number of halogens is 5. The third-order valence-electron chi connectivity index (χ3n) is 1.03. The number of rotatable bonds is 1. The first-order chi connectivity index (χ1) is 4.70. The maximum absolute atomic E-state index is 10.1. The molecule has 0 saturated carbocycles. The summed E-state index contributed by atoms with van der Waals surface area (Å²) in [4.78, 5) is 10.1. The van der Waals surface area contributed by atoms with Crippen LogP contribution in [-0.2, 0) is 0 Å². The van der Waals surface area contributed by atoms with Crippen LogP contribution in [0.5, 0.6) is 0 Å². The molecule has 15 heavy (non-hydrogen) atoms. The van der Waals surface area contributed by atoms with Gasteiger partial charge in [0.05, 0.1) is 4.92 Å². The van der Waals surface area contributed by atoms with Crippen LogP contribution < -0.4 is 0 Å². The fraction of sp³-hybridized carbons (Fsp3) is 0. The molecule has 0 aliphatic heterocycles. The molecule has 1 radical (unpaired) electrons. The summed E-state index contributed by atoms with van der Waals surface area (Å²) in [6.45, 7) is 0. The van der Waals surface area contributed by atoms with Crippen molar-refractivity contribution in [2.75, 3.05) is 0 Å². The second-order valence-electron chi connectivity index (χ2n) is 1.75. The molecule has 1 aromatic carbocycles. The lowest BCUT2D eigenvalue weighted by molar-refractivity contribution is -0.385. The van der Waals surface area contributed by atoms with Crippen molar-refractivity contribution in [2.45, 2.75) is 4.90 Å². The van der Waals surface area contributed by atoms with Crippen LogP contribution >= 0.6 is 12.6 Å². The Labute approximate surface area is 86.9 Å². The van der Waals surface area contributed by atoms with Gasteiger partial charge in [-0.05, 0) is 6.07 Å². The highest BCUT2D eigenvalue weighted by atomic mass is 32.1. The first kappa shape index (κ1) is 29.2. The number of nitrogens with zero attached hydrogens (tertiary/aromatic N) is 1. The third-order valence-corrected chi connectivity index (χ3v) is 1.28. The van der Waals surface area contributed by atoms with Gasteiger partial charge in [0, 0.05) is 17.0 Å². The lowest BCUT2D eigenvalue weighted by Crippen LogP contribution is -1.85. The molecule has 0 fully saturated rings. The van der Waals surface area contributed by atoms with Crippen LogP contribution in [-0.4, -0.2) is 4.92 Å². The van der Waals surface area contributed by atoms with Crippen molar-refractivity contribution in [1.29, 1.82) is 0 Å². The largest absolute Gasteiger partial charge is 0.270 e. The number of hydrogen-bond acceptors (Lipinski definition) is 2. The summed E-state index contributed by atoms with van der Waals surface area (Å²) >= 11 is 4.71. The minimum absolute atomic E-state index is 0. The summed E-state index contributed by atoms with van der Waals surface area (Å²) in [6, 6.07) is 5.98. The zero-order valence-electron chi connectivity index (χ0n) is 7.02. The molecular weight excluding hydrogens is 245 g/mol. The SMILES string of the molecule is F.F.F.F.F.O=[N+]([O-])c1cccc([S])c1. The van der Waals surface area contributed by atoms with Crippen molar-refractivity contribution >= 4 is 18.3 Å². The van der Waals surface area contributed by atoms with Gasteiger partial charge in [0.15, 0.2) is 0 Å². The quantitative estimate of drug-likeness (QED) is 0.439. The standard InChI is InChI=1S/C6H4NO2S.5FH/c8-7(9)5-2-1-3-6(10)4-5;;;;;/h1-4H;5*1H. The summed E-state index contributed by atoms with van der Waals surface area (Å²) in [5.74, 6) is 0. The molecule has 0 atom stereocenters. The maximum Gasteiger partial charge on any atom is 0.270 e. The molecule has 0 bridgehead atoms. The number of nitro benzene ring substituents is 1. The maximum atomic E-state index is 10.1. The van der Waals surface area contributed by atoms with E-state index >= 15 is 0 Å². The monoisotopic (exact) mass is 254 g/mol. The lowest BCUT2D eigenvalue weighted by atomic mass is 10.3. The van der Waals surface area contributed by atoms with Crippen LogP contribution in [0.15, 0.2) is 29.2 Å². The molecule has 0 spiro atoms. The lowest BCUT2D eigenvalue weighted by Gasteiger charge is -1.89. The first-order valence-corrected chi connectivity index (χ1v) is 3.02. The zero-order chi connectivity index (χ0) is 7.56. The highest BCUT2D eigenvalue weighted by Crippen LogP contribution is 2.14. The van der Waals surface area contributed by atoms with Crippen molar-refractivity contribution < 1.29 is 28.4 Å². The van der Waals surface area contributed by atoms with Crippen LogP contribution in [0.25, 0.3) is 0 Å². The van der Waals surface area contributed by atoms with Gasteiger partial charge in [-0.25, -0.2) is 0 Å². The van der Waals surface area contributed by atoms with Gasteiger partial charge in [-0.2, -0.15) is 0 Å². The molecule has 9 heteroatoms. The van der Waals surface area contributed by atoms with Gasteiger partial charge in [0.2, 0.25) is 0 Å². The predicted molar refractivity (Wildman–Crippen MR) is 51.5 cm³/mol. The van der Waals surface area contributed by atoms with E-state index in [4.69, 9.17) is 12.6 Å². The van der Waals surface area contributed by atoms with Crippen LogP contribution in [0.1, 0.15) is 0 Å². The Kier molecular flexibility index (Phi) is 24.3. The van der Waals surface area contributed by atoms with E-state index in [9.17, 15) is 10.1 Å². The van der Waals surface area contributed by atoms with E-state index in [0.717, 1.165) is 0 Å². The summed E-state index contributed by atoms with van der Waals surface area (Å²) in [7, 11) is 0. The van der Waals surface area contributed by atoms with E-state index < -0.39 is 4.92 Å². The second kappa shape index (κ2) is 12.5. The predicted octanol–water partition coefficient (Wildman–Crippen LogP) is 2.91. The molecule has 0 saturated heterocycles. The average Bonchev–Trinajstić information content (AvgIpc) is 1.88. The van der Waals surface area contributed by atoms with E-state index in [1.165, 1.54) is 12.1 Å². The molecule has 0 aliphatic carbocycles. The van der Waals surface area contributed by atoms with Crippen molar-refractivity contribution in [3.8, 4) is 0 Å². The van der Waals surface area contributed by atoms with Crippen LogP contribution in [0.2, 0.25) is 0 Å². The van der Waals surface area contributed by atoms with Crippen molar-refractivity contribution in [3.05, 3.63) is 34.4 Å². The summed E-state index contributed by atoms with van der Waals surface area (Å²) < 4.78 is 0. The average molecular weight is 254 g/mol. The van der Waals surface area contributed by atoms with Gasteiger partial charge in [0.1, 0.15) is 0 Å². The Morgan fingerprint density at radius 3 is 1.80 bits per heavy atom. The van der Waals surface area contributed by atoms with E-state index in [2.05, 4.69) is 0 Å². The number of nitro groups is 1. The molecule has 0 heterocycles. The highest BCUT2D eigenvalue weighted by molar-refractivity contribution is 7.80. The van der Waals surface area contributed by atoms with E-state index in [1.54, 1.807) is 12.1 Å². The topological polar surface area (TPSA) is 43.1 Å². The molecule has 91 valence electrons. The van der Waals surface area contributed by atoms with E-state index in [0.29, 0.717) is 4.90 Å². The van der Waals surface area contributed by atoms with Crippen molar-refractivity contribution in [1.82, 2.24) is 0 Å². The van der Waals surface area contributed by atoms with Crippen molar-refractivity contribution in [3.63, 3.8) is 0 Å². The minimum Gasteiger partial charge on any atom is -0.269 e. The summed E-state index contributed by atoms with van der Waals surface area (Å²) in [5.41, 5.74) is 0.0486. The minimum atomic E-state index is -0.462. The Balaban J connectivity index is -0.0000000667. The zero-order valence-corrected chi connectivity index (χ0v) is 7.84. The van der Waals surface area contributed by atoms with Gasteiger partial charge in [-0.15, -0.1) is 0 Å². The second-order valence-corrected chi connectivity index (χ2v) is 2.23.